The molecule has 0 aliphatic carbocycles. The van der Waals surface area contributed by atoms with Gasteiger partial charge in [-0.05, 0) is 48.9 Å². The van der Waals surface area contributed by atoms with Crippen molar-refractivity contribution in [2.24, 2.45) is 5.73 Å². The van der Waals surface area contributed by atoms with Crippen LogP contribution in [-0.2, 0) is 6.42 Å². The molecular weight excluding hydrogens is 410 g/mol. The van der Waals surface area contributed by atoms with Crippen molar-refractivity contribution < 1.29 is 19.4 Å². The van der Waals surface area contributed by atoms with Gasteiger partial charge in [0.25, 0.3) is 0 Å². The van der Waals surface area contributed by atoms with E-state index in [2.05, 4.69) is 16.2 Å². The molecular formula is C24H25N3O5. The maximum atomic E-state index is 11.7. The Labute approximate surface area is 185 Å². The normalized spacial score (nSPS) is 11.6. The van der Waals surface area contributed by atoms with Gasteiger partial charge in [0.1, 0.15) is 30.8 Å². The van der Waals surface area contributed by atoms with Gasteiger partial charge in [0.15, 0.2) is 0 Å². The molecule has 0 fully saturated rings. The van der Waals surface area contributed by atoms with Crippen LogP contribution in [0.5, 0.6) is 11.5 Å². The first kappa shape index (κ1) is 22.9. The van der Waals surface area contributed by atoms with E-state index >= 15 is 0 Å². The maximum absolute atomic E-state index is 11.7. The summed E-state index contributed by atoms with van der Waals surface area (Å²) in [5.74, 6) is 2.90. The number of aliphatic hydroxyl groups excluding tert-OH is 1. The van der Waals surface area contributed by atoms with Crippen molar-refractivity contribution >= 4 is 16.8 Å². The Morgan fingerprint density at radius 2 is 1.88 bits per heavy atom. The van der Waals surface area contributed by atoms with E-state index in [4.69, 9.17) is 21.6 Å². The molecule has 32 heavy (non-hydrogen) atoms. The first-order valence-electron chi connectivity index (χ1n) is 10.1. The summed E-state index contributed by atoms with van der Waals surface area (Å²) in [4.78, 5) is 25.6. The molecule has 8 nitrogen and oxygen atoms in total. The maximum Gasteiger partial charge on any atom is 0.248 e. The molecule has 166 valence electrons. The molecule has 3 rings (SSSR count). The zero-order valence-electron chi connectivity index (χ0n) is 17.5. The SMILES string of the molecule is C#CCOc1ccc(OCC(O)CNCCc2ccc(C(N)=O)cc2)c2ccc(=O)[nH]c12. The minimum atomic E-state index is -0.734. The van der Waals surface area contributed by atoms with Gasteiger partial charge in [0, 0.05) is 23.6 Å². The first-order chi connectivity index (χ1) is 15.5. The molecule has 0 aliphatic rings. The van der Waals surface area contributed by atoms with Crippen molar-refractivity contribution in [2.45, 2.75) is 12.5 Å². The molecule has 5 N–H and O–H groups in total. The number of terminal acetylenes is 1. The van der Waals surface area contributed by atoms with Crippen LogP contribution in [0.15, 0.2) is 53.3 Å². The first-order valence-corrected chi connectivity index (χ1v) is 10.1. The van der Waals surface area contributed by atoms with E-state index in [-0.39, 0.29) is 18.8 Å². The number of rotatable bonds is 11. The number of carbonyl (C=O) groups is 1. The number of aromatic nitrogens is 1. The van der Waals surface area contributed by atoms with E-state index in [1.165, 1.54) is 6.07 Å². The van der Waals surface area contributed by atoms with Crippen molar-refractivity contribution in [3.05, 3.63) is 70.0 Å². The molecule has 0 radical (unpaired) electrons. The Bertz CT molecular complexity index is 1160. The minimum absolute atomic E-state index is 0.0685. The molecule has 3 aromatic rings. The van der Waals surface area contributed by atoms with E-state index in [1.54, 1.807) is 30.3 Å². The summed E-state index contributed by atoms with van der Waals surface area (Å²) in [6, 6.07) is 13.5. The van der Waals surface area contributed by atoms with Gasteiger partial charge in [-0.1, -0.05) is 18.1 Å². The van der Waals surface area contributed by atoms with Crippen LogP contribution in [-0.4, -0.2) is 48.4 Å². The number of pyridine rings is 1. The van der Waals surface area contributed by atoms with Crippen LogP contribution in [0.25, 0.3) is 10.9 Å². The lowest BCUT2D eigenvalue weighted by atomic mass is 10.1. The fraction of sp³-hybridized carbons (Fsp3) is 0.250. The van der Waals surface area contributed by atoms with E-state index < -0.39 is 12.0 Å². The molecule has 1 amide bonds. The van der Waals surface area contributed by atoms with Crippen LogP contribution >= 0.6 is 0 Å². The topological polar surface area (TPSA) is 127 Å². The van der Waals surface area contributed by atoms with Crippen molar-refractivity contribution in [1.29, 1.82) is 0 Å². The number of aliphatic hydroxyl groups is 1. The van der Waals surface area contributed by atoms with Gasteiger partial charge in [-0.15, -0.1) is 6.42 Å². The molecule has 8 heteroatoms. The average Bonchev–Trinajstić information content (AvgIpc) is 2.79. The number of nitrogens with two attached hydrogens (primary N) is 1. The summed E-state index contributed by atoms with van der Waals surface area (Å²) in [6.07, 6.45) is 5.24. The highest BCUT2D eigenvalue weighted by Crippen LogP contribution is 2.31. The zero-order valence-corrected chi connectivity index (χ0v) is 17.5. The number of nitrogens with one attached hydrogen (secondary N) is 2. The van der Waals surface area contributed by atoms with Crippen LogP contribution in [0.2, 0.25) is 0 Å². The lowest BCUT2D eigenvalue weighted by Gasteiger charge is -2.16. The number of hydrogen-bond acceptors (Lipinski definition) is 6. The van der Waals surface area contributed by atoms with Crippen molar-refractivity contribution in [2.75, 3.05) is 26.3 Å². The van der Waals surface area contributed by atoms with Crippen LogP contribution in [0, 0.1) is 12.3 Å². The van der Waals surface area contributed by atoms with Gasteiger partial charge < -0.3 is 30.6 Å². The molecule has 1 heterocycles. The molecule has 2 aromatic carbocycles. The molecule has 0 saturated heterocycles. The highest BCUT2D eigenvalue weighted by atomic mass is 16.5. The van der Waals surface area contributed by atoms with Gasteiger partial charge in [0.2, 0.25) is 11.5 Å². The molecule has 0 spiro atoms. The Morgan fingerprint density at radius 3 is 2.59 bits per heavy atom. The number of H-pyrrole nitrogens is 1. The van der Waals surface area contributed by atoms with E-state index in [1.807, 2.05) is 12.1 Å². The summed E-state index contributed by atoms with van der Waals surface area (Å²) in [5, 5.41) is 14.1. The van der Waals surface area contributed by atoms with Gasteiger partial charge in [-0.3, -0.25) is 9.59 Å². The quantitative estimate of drug-likeness (QED) is 0.265. The Hall–Kier alpha value is -3.80. The Kier molecular flexibility index (Phi) is 7.86. The summed E-state index contributed by atoms with van der Waals surface area (Å²) < 4.78 is 11.3. The molecule has 0 saturated carbocycles. The number of benzene rings is 2. The average molecular weight is 435 g/mol. The second-order valence-corrected chi connectivity index (χ2v) is 7.15. The fourth-order valence-corrected chi connectivity index (χ4v) is 3.15. The number of primary amides is 1. The molecule has 1 aromatic heterocycles. The Morgan fingerprint density at radius 1 is 1.12 bits per heavy atom. The third-order valence-corrected chi connectivity index (χ3v) is 4.77. The largest absolute Gasteiger partial charge is 0.490 e. The second-order valence-electron chi connectivity index (χ2n) is 7.15. The lowest BCUT2D eigenvalue weighted by molar-refractivity contribution is 0.1000. The number of fused-ring (bicyclic) bond motifs is 1. The minimum Gasteiger partial charge on any atom is -0.490 e. The van der Waals surface area contributed by atoms with Gasteiger partial charge >= 0.3 is 0 Å². The van der Waals surface area contributed by atoms with Crippen LogP contribution < -0.4 is 26.1 Å². The zero-order chi connectivity index (χ0) is 22.9. The third kappa shape index (κ3) is 6.11. The van der Waals surface area contributed by atoms with Crippen LogP contribution in [0.3, 0.4) is 0 Å². The summed E-state index contributed by atoms with van der Waals surface area (Å²) >= 11 is 0. The number of ether oxygens (including phenoxy) is 2. The highest BCUT2D eigenvalue weighted by Gasteiger charge is 2.11. The highest BCUT2D eigenvalue weighted by molar-refractivity contribution is 5.92. The Balaban J connectivity index is 1.51. The third-order valence-electron chi connectivity index (χ3n) is 4.77. The standard InChI is InChI=1S/C24H25N3O5/c1-2-13-31-21-9-8-20(19-7-10-22(29)27-23(19)21)32-15-18(28)14-26-12-11-16-3-5-17(6-4-16)24(25)30/h1,3-10,18,26,28H,11-15H2,(H2,25,30)(H,27,29). The second kappa shape index (κ2) is 11.0. The monoisotopic (exact) mass is 435 g/mol. The van der Waals surface area contributed by atoms with E-state index in [0.717, 1.165) is 12.0 Å². The predicted molar refractivity (Wildman–Crippen MR) is 122 cm³/mol. The number of hydrogen-bond donors (Lipinski definition) is 4. The van der Waals surface area contributed by atoms with E-state index in [0.29, 0.717) is 41.1 Å². The summed E-state index contributed by atoms with van der Waals surface area (Å²) in [7, 11) is 0. The van der Waals surface area contributed by atoms with Crippen molar-refractivity contribution in [3.63, 3.8) is 0 Å². The van der Waals surface area contributed by atoms with E-state index in [9.17, 15) is 14.7 Å². The fourth-order valence-electron chi connectivity index (χ4n) is 3.15. The van der Waals surface area contributed by atoms with Crippen molar-refractivity contribution in [1.82, 2.24) is 10.3 Å². The van der Waals surface area contributed by atoms with Crippen molar-refractivity contribution in [3.8, 4) is 23.8 Å². The van der Waals surface area contributed by atoms with Crippen LogP contribution in [0.4, 0.5) is 0 Å². The van der Waals surface area contributed by atoms with Gasteiger partial charge in [-0.25, -0.2) is 0 Å². The van der Waals surface area contributed by atoms with Crippen LogP contribution in [0.1, 0.15) is 15.9 Å². The molecule has 1 unspecified atom stereocenters. The smallest absolute Gasteiger partial charge is 0.248 e. The van der Waals surface area contributed by atoms with Gasteiger partial charge in [0.05, 0.1) is 5.52 Å². The number of aromatic amines is 1. The summed E-state index contributed by atoms with van der Waals surface area (Å²) in [6.45, 7) is 1.14. The molecule has 1 atom stereocenters. The summed E-state index contributed by atoms with van der Waals surface area (Å²) in [5.41, 5.74) is 6.98. The number of amides is 1. The lowest BCUT2D eigenvalue weighted by Crippen LogP contribution is -2.32. The predicted octanol–water partition coefficient (Wildman–Crippen LogP) is 1.21. The number of carbonyl (C=O) groups excluding carboxylic acids is 1. The molecule has 0 aliphatic heterocycles. The molecule has 0 bridgehead atoms. The van der Waals surface area contributed by atoms with Gasteiger partial charge in [-0.2, -0.15) is 0 Å².